The highest BCUT2D eigenvalue weighted by Crippen LogP contribution is 2.37. The van der Waals surface area contributed by atoms with Gasteiger partial charge in [0.15, 0.2) is 0 Å². The molecule has 0 spiro atoms. The molecule has 6 heteroatoms. The van der Waals surface area contributed by atoms with E-state index in [1.54, 1.807) is 10.6 Å². The van der Waals surface area contributed by atoms with Crippen molar-refractivity contribution in [1.29, 1.82) is 0 Å². The lowest BCUT2D eigenvalue weighted by Crippen LogP contribution is -2.15. The van der Waals surface area contributed by atoms with Gasteiger partial charge in [0, 0.05) is 0 Å². The zero-order valence-corrected chi connectivity index (χ0v) is 10.0. The van der Waals surface area contributed by atoms with Crippen molar-refractivity contribution in [1.82, 2.24) is 14.6 Å². The van der Waals surface area contributed by atoms with Gasteiger partial charge in [-0.3, -0.25) is 4.79 Å². The van der Waals surface area contributed by atoms with E-state index in [1.165, 1.54) is 6.33 Å². The van der Waals surface area contributed by atoms with Crippen molar-refractivity contribution in [2.45, 2.75) is 25.6 Å². The maximum atomic E-state index is 11.6. The summed E-state index contributed by atoms with van der Waals surface area (Å²) in [4.78, 5) is 14.2. The molecule has 0 saturated carbocycles. The first-order chi connectivity index (χ1) is 8.70. The van der Waals surface area contributed by atoms with E-state index >= 15 is 0 Å². The second-order valence-corrected chi connectivity index (χ2v) is 4.75. The summed E-state index contributed by atoms with van der Waals surface area (Å²) in [5, 5.41) is 13.3. The molecule has 1 saturated heterocycles. The van der Waals surface area contributed by atoms with E-state index in [4.69, 9.17) is 9.84 Å². The number of hydrogen-bond acceptors (Lipinski definition) is 4. The Kier molecular flexibility index (Phi) is 2.68. The minimum absolute atomic E-state index is 0.0260. The number of nitrogens with one attached hydrogen (secondary N) is 1. The number of rotatable bonds is 2. The van der Waals surface area contributed by atoms with Crippen LogP contribution in [0.25, 0.3) is 5.52 Å². The minimum Gasteiger partial charge on any atom is -0.394 e. The normalized spacial score (nSPS) is 28.0. The molecule has 6 nitrogen and oxygen atoms in total. The number of nitrogens with zero attached hydrogens (tertiary/aromatic N) is 2. The zero-order valence-electron chi connectivity index (χ0n) is 10.0. The first kappa shape index (κ1) is 11.4. The first-order valence-electron chi connectivity index (χ1n) is 6.02. The van der Waals surface area contributed by atoms with E-state index < -0.39 is 0 Å². The van der Waals surface area contributed by atoms with Crippen LogP contribution in [0.2, 0.25) is 0 Å². The molecule has 2 N–H and O–H groups in total. The second-order valence-electron chi connectivity index (χ2n) is 4.75. The standard InChI is InChI=1S/C12H15N3O3/c1-7-4-8(5-16)18-11(7)9-2-3-10-12(17)13-6-14-15(9)10/h2-3,6-8,11,16H,4-5H2,1H3,(H,13,14,17)/t7-,8-,11+/m0/s1. The molecule has 0 aromatic carbocycles. The molecule has 3 atom stereocenters. The number of hydrogen-bond donors (Lipinski definition) is 2. The SMILES string of the molecule is C[C@H]1C[C@@H](CO)O[C@H]1c1ccc2c(=O)[nH]cnn12. The number of aliphatic hydroxyl groups excluding tert-OH is 1. The molecule has 1 aliphatic rings. The Balaban J connectivity index is 2.05. The van der Waals surface area contributed by atoms with E-state index in [9.17, 15) is 4.79 Å². The summed E-state index contributed by atoms with van der Waals surface area (Å²) in [6.45, 7) is 2.10. The number of ether oxygens (including phenoxy) is 1. The summed E-state index contributed by atoms with van der Waals surface area (Å²) in [5.41, 5.74) is 1.20. The van der Waals surface area contributed by atoms with E-state index in [-0.39, 0.29) is 24.4 Å². The highest BCUT2D eigenvalue weighted by atomic mass is 16.5. The number of aromatic amines is 1. The molecular weight excluding hydrogens is 234 g/mol. The summed E-state index contributed by atoms with van der Waals surface area (Å²) in [6, 6.07) is 3.60. The van der Waals surface area contributed by atoms with Crippen molar-refractivity contribution < 1.29 is 9.84 Å². The van der Waals surface area contributed by atoms with Gasteiger partial charge in [0.1, 0.15) is 17.9 Å². The van der Waals surface area contributed by atoms with Gasteiger partial charge in [0.2, 0.25) is 0 Å². The third-order valence-corrected chi connectivity index (χ3v) is 3.47. The molecule has 1 aliphatic heterocycles. The number of aliphatic hydroxyl groups is 1. The van der Waals surface area contributed by atoms with Crippen molar-refractivity contribution >= 4 is 5.52 Å². The monoisotopic (exact) mass is 249 g/mol. The average Bonchev–Trinajstić information content (AvgIpc) is 2.93. The molecule has 0 amide bonds. The van der Waals surface area contributed by atoms with E-state index in [0.29, 0.717) is 11.4 Å². The van der Waals surface area contributed by atoms with Crippen LogP contribution < -0.4 is 5.56 Å². The van der Waals surface area contributed by atoms with Crippen molar-refractivity contribution in [3.05, 3.63) is 34.5 Å². The van der Waals surface area contributed by atoms with Gasteiger partial charge in [-0.15, -0.1) is 0 Å². The fraction of sp³-hybridized carbons (Fsp3) is 0.500. The molecule has 1 fully saturated rings. The molecule has 3 heterocycles. The van der Waals surface area contributed by atoms with Gasteiger partial charge >= 0.3 is 0 Å². The zero-order chi connectivity index (χ0) is 12.7. The van der Waals surface area contributed by atoms with E-state index in [0.717, 1.165) is 12.1 Å². The van der Waals surface area contributed by atoms with Gasteiger partial charge < -0.3 is 14.8 Å². The van der Waals surface area contributed by atoms with Crippen LogP contribution in [-0.4, -0.2) is 32.4 Å². The first-order valence-corrected chi connectivity index (χ1v) is 6.02. The summed E-state index contributed by atoms with van der Waals surface area (Å²) in [5.74, 6) is 0.293. The molecule has 96 valence electrons. The molecule has 0 unspecified atom stereocenters. The summed E-state index contributed by atoms with van der Waals surface area (Å²) < 4.78 is 7.40. The largest absolute Gasteiger partial charge is 0.394 e. The van der Waals surface area contributed by atoms with E-state index in [1.807, 2.05) is 6.07 Å². The summed E-state index contributed by atoms with van der Waals surface area (Å²) >= 11 is 0. The lowest BCUT2D eigenvalue weighted by molar-refractivity contribution is 0.00256. The van der Waals surface area contributed by atoms with Crippen LogP contribution >= 0.6 is 0 Å². The minimum atomic E-state index is -0.166. The third kappa shape index (κ3) is 1.65. The number of H-pyrrole nitrogens is 1. The molecule has 0 radical (unpaired) electrons. The van der Waals surface area contributed by atoms with Crippen LogP contribution in [0.4, 0.5) is 0 Å². The topological polar surface area (TPSA) is 79.6 Å². The van der Waals surface area contributed by atoms with Crippen molar-refractivity contribution in [2.75, 3.05) is 6.61 Å². The van der Waals surface area contributed by atoms with Crippen LogP contribution in [0.15, 0.2) is 23.3 Å². The fourth-order valence-corrected chi connectivity index (χ4v) is 2.59. The maximum absolute atomic E-state index is 11.6. The summed E-state index contributed by atoms with van der Waals surface area (Å²) in [6.07, 6.45) is 1.94. The maximum Gasteiger partial charge on any atom is 0.275 e. The van der Waals surface area contributed by atoms with Crippen molar-refractivity contribution in [3.63, 3.8) is 0 Å². The third-order valence-electron chi connectivity index (χ3n) is 3.47. The van der Waals surface area contributed by atoms with Gasteiger partial charge in [-0.1, -0.05) is 6.92 Å². The van der Waals surface area contributed by atoms with Gasteiger partial charge in [0.05, 0.1) is 18.4 Å². The van der Waals surface area contributed by atoms with Crippen LogP contribution in [-0.2, 0) is 4.74 Å². The molecule has 0 aliphatic carbocycles. The molecule has 3 rings (SSSR count). The Bertz CT molecular complexity index is 618. The van der Waals surface area contributed by atoms with Gasteiger partial charge in [0.25, 0.3) is 5.56 Å². The van der Waals surface area contributed by atoms with Gasteiger partial charge in [-0.25, -0.2) is 4.52 Å². The lowest BCUT2D eigenvalue weighted by atomic mass is 10.00. The Hall–Kier alpha value is -1.66. The Morgan fingerprint density at radius 2 is 2.44 bits per heavy atom. The molecule has 2 aromatic rings. The smallest absolute Gasteiger partial charge is 0.275 e. The predicted molar refractivity (Wildman–Crippen MR) is 64.3 cm³/mol. The lowest BCUT2D eigenvalue weighted by Gasteiger charge is -2.14. The van der Waals surface area contributed by atoms with Gasteiger partial charge in [-0.2, -0.15) is 5.10 Å². The predicted octanol–water partition coefficient (Wildman–Crippen LogP) is 0.481. The van der Waals surface area contributed by atoms with Crippen LogP contribution in [0.5, 0.6) is 0 Å². The number of aromatic nitrogens is 3. The fourth-order valence-electron chi connectivity index (χ4n) is 2.59. The molecular formula is C12H15N3O3. The van der Waals surface area contributed by atoms with Gasteiger partial charge in [-0.05, 0) is 24.5 Å². The summed E-state index contributed by atoms with van der Waals surface area (Å²) in [7, 11) is 0. The van der Waals surface area contributed by atoms with Crippen molar-refractivity contribution in [2.24, 2.45) is 5.92 Å². The second kappa shape index (κ2) is 4.22. The van der Waals surface area contributed by atoms with Crippen LogP contribution in [0.1, 0.15) is 25.1 Å². The number of fused-ring (bicyclic) bond motifs is 1. The van der Waals surface area contributed by atoms with E-state index in [2.05, 4.69) is 17.0 Å². The van der Waals surface area contributed by atoms with Crippen LogP contribution in [0, 0.1) is 5.92 Å². The van der Waals surface area contributed by atoms with Crippen LogP contribution in [0.3, 0.4) is 0 Å². The Morgan fingerprint density at radius 1 is 1.61 bits per heavy atom. The Morgan fingerprint density at radius 3 is 3.17 bits per heavy atom. The highest BCUT2D eigenvalue weighted by Gasteiger charge is 2.34. The molecule has 2 aromatic heterocycles. The Labute approximate surface area is 103 Å². The highest BCUT2D eigenvalue weighted by molar-refractivity contribution is 5.46. The quantitative estimate of drug-likeness (QED) is 0.811. The average molecular weight is 249 g/mol. The molecule has 0 bridgehead atoms. The molecule has 18 heavy (non-hydrogen) atoms. The van der Waals surface area contributed by atoms with Crippen molar-refractivity contribution in [3.8, 4) is 0 Å².